The Kier molecular flexibility index (Phi) is 4.46. The lowest BCUT2D eigenvalue weighted by atomic mass is 9.74. The van der Waals surface area contributed by atoms with Gasteiger partial charge in [-0.2, -0.15) is 10.1 Å². The molecule has 3 aromatic heterocycles. The molecule has 1 aliphatic rings. The fourth-order valence-corrected chi connectivity index (χ4v) is 4.66. The fraction of sp³-hybridized carbons (Fsp3) is 0.238. The lowest BCUT2D eigenvalue weighted by Crippen LogP contribution is -2.58. The highest BCUT2D eigenvalue weighted by Gasteiger charge is 2.50. The Hall–Kier alpha value is -3.10. The van der Waals surface area contributed by atoms with Crippen molar-refractivity contribution in [2.24, 2.45) is 5.41 Å². The molecule has 5 rings (SSSR count). The van der Waals surface area contributed by atoms with E-state index in [9.17, 15) is 4.79 Å². The number of hydrogen-bond donors (Lipinski definition) is 1. The number of nitrogen functional groups attached to an aromatic ring is 1. The van der Waals surface area contributed by atoms with Crippen LogP contribution >= 0.6 is 23.2 Å². The molecule has 0 saturated carbocycles. The first-order valence-corrected chi connectivity index (χ1v) is 10.4. The topological polar surface area (TPSA) is 94.3 Å². The third kappa shape index (κ3) is 3.05. The van der Waals surface area contributed by atoms with Gasteiger partial charge in [0, 0.05) is 18.2 Å². The minimum Gasteiger partial charge on any atom is -0.368 e. The second kappa shape index (κ2) is 6.96. The Morgan fingerprint density at radius 2 is 1.87 bits per heavy atom. The summed E-state index contributed by atoms with van der Waals surface area (Å²) in [6.07, 6.45) is 3.16. The predicted octanol–water partition coefficient (Wildman–Crippen LogP) is 3.75. The summed E-state index contributed by atoms with van der Waals surface area (Å²) >= 11 is 12.7. The van der Waals surface area contributed by atoms with E-state index in [1.54, 1.807) is 16.8 Å². The van der Waals surface area contributed by atoms with E-state index in [-0.39, 0.29) is 23.0 Å². The van der Waals surface area contributed by atoms with E-state index >= 15 is 0 Å². The summed E-state index contributed by atoms with van der Waals surface area (Å²) in [7, 11) is 0. The van der Waals surface area contributed by atoms with Gasteiger partial charge in [-0.1, -0.05) is 55.2 Å². The van der Waals surface area contributed by atoms with Crippen LogP contribution in [0.4, 0.5) is 11.8 Å². The number of rotatable bonds is 3. The maximum atomic E-state index is 13.6. The predicted molar refractivity (Wildman–Crippen MR) is 121 cm³/mol. The molecule has 31 heavy (non-hydrogen) atoms. The van der Waals surface area contributed by atoms with Crippen LogP contribution in [0, 0.1) is 5.41 Å². The van der Waals surface area contributed by atoms with Crippen molar-refractivity contribution in [1.29, 1.82) is 0 Å². The first kappa shape index (κ1) is 19.8. The van der Waals surface area contributed by atoms with Crippen molar-refractivity contribution in [3.8, 4) is 5.69 Å². The summed E-state index contributed by atoms with van der Waals surface area (Å²) in [6.45, 7) is 4.88. The first-order chi connectivity index (χ1) is 14.8. The van der Waals surface area contributed by atoms with E-state index in [0.717, 1.165) is 0 Å². The molecular formula is C21H19Cl2N7O. The number of para-hydroxylation sites is 1. The zero-order valence-corrected chi connectivity index (χ0v) is 18.3. The van der Waals surface area contributed by atoms with Gasteiger partial charge in [-0.3, -0.25) is 9.36 Å². The molecule has 158 valence electrons. The molecule has 8 nitrogen and oxygen atoms in total. The molecule has 0 aliphatic carbocycles. The number of aromatic nitrogens is 5. The molecule has 2 N–H and O–H groups in total. The molecular weight excluding hydrogens is 437 g/mol. The van der Waals surface area contributed by atoms with Crippen molar-refractivity contribution in [2.45, 2.75) is 19.9 Å². The summed E-state index contributed by atoms with van der Waals surface area (Å²) in [5.74, 6) is 1.20. The van der Waals surface area contributed by atoms with Crippen LogP contribution in [0.1, 0.15) is 25.7 Å². The van der Waals surface area contributed by atoms with Gasteiger partial charge in [-0.15, -0.1) is 0 Å². The molecule has 0 amide bonds. The molecule has 0 spiro atoms. The summed E-state index contributed by atoms with van der Waals surface area (Å²) in [4.78, 5) is 23.9. The van der Waals surface area contributed by atoms with Gasteiger partial charge >= 0.3 is 0 Å². The van der Waals surface area contributed by atoms with Gasteiger partial charge in [0.2, 0.25) is 5.95 Å². The average Bonchev–Trinajstić information content (AvgIpc) is 3.10. The molecule has 1 aliphatic heterocycles. The Balaban J connectivity index is 1.79. The zero-order valence-electron chi connectivity index (χ0n) is 16.8. The van der Waals surface area contributed by atoms with Gasteiger partial charge in [0.15, 0.2) is 11.6 Å². The molecule has 4 heterocycles. The second-order valence-electron chi connectivity index (χ2n) is 8.21. The smallest absolute Gasteiger partial charge is 0.284 e. The van der Waals surface area contributed by atoms with Gasteiger partial charge in [-0.25, -0.2) is 9.50 Å². The van der Waals surface area contributed by atoms with Gasteiger partial charge < -0.3 is 10.6 Å². The Morgan fingerprint density at radius 1 is 1.13 bits per heavy atom. The van der Waals surface area contributed by atoms with Crippen LogP contribution in [-0.4, -0.2) is 30.7 Å². The molecule has 4 aromatic rings. The highest BCUT2D eigenvalue weighted by atomic mass is 35.5. The highest BCUT2D eigenvalue weighted by molar-refractivity contribution is 6.34. The van der Waals surface area contributed by atoms with Crippen LogP contribution in [0.25, 0.3) is 11.2 Å². The fourth-order valence-electron chi connectivity index (χ4n) is 4.24. The van der Waals surface area contributed by atoms with Crippen LogP contribution in [-0.2, 0) is 0 Å². The lowest BCUT2D eigenvalue weighted by molar-refractivity contribution is 0.166. The normalized spacial score (nSPS) is 17.7. The standard InChI is InChI=1S/C21H19Cl2N7O/c1-21(2)11-28(17-14(23)10-25-20(24)26-17)16(21)18-27-29-9-8-13(22)15(29)19(31)30(18)12-6-4-3-5-7-12/h3-10,16H,11H2,1-2H3,(H2,24,25,26). The van der Waals surface area contributed by atoms with E-state index in [4.69, 9.17) is 34.0 Å². The number of hydrogen-bond acceptors (Lipinski definition) is 6. The van der Waals surface area contributed by atoms with Crippen LogP contribution in [0.5, 0.6) is 0 Å². The molecule has 1 atom stereocenters. The Bertz CT molecular complexity index is 1360. The summed E-state index contributed by atoms with van der Waals surface area (Å²) < 4.78 is 3.14. The van der Waals surface area contributed by atoms with Crippen LogP contribution in [0.2, 0.25) is 10.0 Å². The first-order valence-electron chi connectivity index (χ1n) is 9.68. The third-order valence-electron chi connectivity index (χ3n) is 5.57. The molecule has 1 unspecified atom stereocenters. The SMILES string of the molecule is CC1(C)CN(c2nc(N)ncc2Cl)C1c1nn2ccc(Cl)c2c(=O)n1-c1ccccc1. The summed E-state index contributed by atoms with van der Waals surface area (Å²) in [5.41, 5.74) is 6.38. The van der Waals surface area contributed by atoms with Crippen LogP contribution in [0.15, 0.2) is 53.6 Å². The number of fused-ring (bicyclic) bond motifs is 1. The van der Waals surface area contributed by atoms with Crippen molar-refractivity contribution in [2.75, 3.05) is 17.2 Å². The highest BCUT2D eigenvalue weighted by Crippen LogP contribution is 2.50. The molecule has 0 bridgehead atoms. The Morgan fingerprint density at radius 3 is 2.58 bits per heavy atom. The molecule has 10 heteroatoms. The second-order valence-corrected chi connectivity index (χ2v) is 9.02. The largest absolute Gasteiger partial charge is 0.368 e. The number of nitrogens with two attached hydrogens (primary N) is 1. The summed E-state index contributed by atoms with van der Waals surface area (Å²) in [5, 5.41) is 5.55. The van der Waals surface area contributed by atoms with E-state index in [2.05, 4.69) is 23.8 Å². The zero-order chi connectivity index (χ0) is 21.9. The molecule has 1 aromatic carbocycles. The van der Waals surface area contributed by atoms with Crippen LogP contribution in [0.3, 0.4) is 0 Å². The van der Waals surface area contributed by atoms with E-state index in [0.29, 0.717) is 39.4 Å². The maximum absolute atomic E-state index is 13.6. The number of benzene rings is 1. The molecule has 1 saturated heterocycles. The van der Waals surface area contributed by atoms with Crippen molar-refractivity contribution < 1.29 is 0 Å². The van der Waals surface area contributed by atoms with Crippen molar-refractivity contribution in [3.05, 3.63) is 75.0 Å². The lowest BCUT2D eigenvalue weighted by Gasteiger charge is -2.54. The minimum absolute atomic E-state index is 0.129. The third-order valence-corrected chi connectivity index (χ3v) is 6.14. The average molecular weight is 456 g/mol. The maximum Gasteiger partial charge on any atom is 0.284 e. The van der Waals surface area contributed by atoms with Gasteiger partial charge in [-0.05, 0) is 18.2 Å². The van der Waals surface area contributed by atoms with Crippen molar-refractivity contribution in [1.82, 2.24) is 24.1 Å². The van der Waals surface area contributed by atoms with Gasteiger partial charge in [0.1, 0.15) is 10.5 Å². The number of anilines is 2. The van der Waals surface area contributed by atoms with Gasteiger partial charge in [0.25, 0.3) is 5.56 Å². The van der Waals surface area contributed by atoms with E-state index < -0.39 is 0 Å². The van der Waals surface area contributed by atoms with Crippen molar-refractivity contribution >= 4 is 40.5 Å². The van der Waals surface area contributed by atoms with Crippen LogP contribution < -0.4 is 16.2 Å². The Labute approximate surface area is 187 Å². The molecule has 0 radical (unpaired) electrons. The van der Waals surface area contributed by atoms with Gasteiger partial charge in [0.05, 0.1) is 22.9 Å². The minimum atomic E-state index is -0.294. The monoisotopic (exact) mass is 455 g/mol. The van der Waals surface area contributed by atoms with Crippen molar-refractivity contribution in [3.63, 3.8) is 0 Å². The molecule has 1 fully saturated rings. The quantitative estimate of drug-likeness (QED) is 0.505. The summed E-state index contributed by atoms with van der Waals surface area (Å²) in [6, 6.07) is 10.8. The van der Waals surface area contributed by atoms with E-state index in [1.165, 1.54) is 10.7 Å². The number of halogens is 2. The van der Waals surface area contributed by atoms with E-state index in [1.807, 2.05) is 35.2 Å². The number of nitrogens with zero attached hydrogens (tertiary/aromatic N) is 6.